The number of rotatable bonds is 9. The summed E-state index contributed by atoms with van der Waals surface area (Å²) in [7, 11) is -3.37. The molecule has 0 atom stereocenters. The minimum Gasteiger partial charge on any atom is -0.477 e. The van der Waals surface area contributed by atoms with Crippen molar-refractivity contribution in [3.8, 4) is 17.5 Å². The van der Waals surface area contributed by atoms with Crippen LogP contribution in [0.1, 0.15) is 36.0 Å². The molecule has 1 amide bonds. The molecule has 0 aromatic carbocycles. The number of aromatic nitrogens is 4. The van der Waals surface area contributed by atoms with Crippen molar-refractivity contribution in [3.05, 3.63) is 48.4 Å². The lowest BCUT2D eigenvalue weighted by atomic mass is 10.3. The molecule has 11 nitrogen and oxygen atoms in total. The molecule has 0 radical (unpaired) electrons. The summed E-state index contributed by atoms with van der Waals surface area (Å²) >= 11 is 0. The topological polar surface area (TPSA) is 149 Å². The minimum absolute atomic E-state index is 0.01000. The molecule has 1 aliphatic carbocycles. The summed E-state index contributed by atoms with van der Waals surface area (Å²) in [5, 5.41) is 2.33. The van der Waals surface area contributed by atoms with Crippen LogP contribution in [0, 0.1) is 0 Å². The maximum Gasteiger partial charge on any atom is 0.289 e. The predicted octanol–water partition coefficient (Wildman–Crippen LogP) is 1.76. The molecule has 0 saturated heterocycles. The lowest BCUT2D eigenvalue weighted by molar-refractivity contribution is 0.0923. The SMILES string of the molecule is CCOc1cncc(-c2ncc(C(=O)NCc3cc(NS(=O)(=O)C4CC4)ccn3)o2)n1. The predicted molar refractivity (Wildman–Crippen MR) is 110 cm³/mol. The monoisotopic (exact) mass is 444 g/mol. The van der Waals surface area contributed by atoms with Crippen LogP contribution < -0.4 is 14.8 Å². The van der Waals surface area contributed by atoms with E-state index in [9.17, 15) is 13.2 Å². The van der Waals surface area contributed by atoms with Crippen molar-refractivity contribution >= 4 is 21.6 Å². The van der Waals surface area contributed by atoms with Gasteiger partial charge in [-0.2, -0.15) is 0 Å². The van der Waals surface area contributed by atoms with Crippen LogP contribution in [0.2, 0.25) is 0 Å². The van der Waals surface area contributed by atoms with E-state index in [1.165, 1.54) is 24.8 Å². The molecule has 0 aliphatic heterocycles. The molecule has 0 spiro atoms. The first-order chi connectivity index (χ1) is 14.9. The largest absolute Gasteiger partial charge is 0.477 e. The summed E-state index contributed by atoms with van der Waals surface area (Å²) in [5.41, 5.74) is 1.22. The zero-order valence-electron chi connectivity index (χ0n) is 16.6. The second-order valence-electron chi connectivity index (χ2n) is 6.77. The zero-order chi connectivity index (χ0) is 21.8. The third kappa shape index (κ3) is 5.15. The van der Waals surface area contributed by atoms with Crippen molar-refractivity contribution in [2.24, 2.45) is 0 Å². The molecule has 31 heavy (non-hydrogen) atoms. The highest BCUT2D eigenvalue weighted by Crippen LogP contribution is 2.29. The molecule has 1 saturated carbocycles. The highest BCUT2D eigenvalue weighted by atomic mass is 32.2. The molecular formula is C19H20N6O5S. The molecule has 2 N–H and O–H groups in total. The van der Waals surface area contributed by atoms with E-state index in [0.29, 0.717) is 42.4 Å². The number of sulfonamides is 1. The normalized spacial score (nSPS) is 13.6. The Morgan fingerprint density at radius 2 is 2.10 bits per heavy atom. The van der Waals surface area contributed by atoms with Crippen LogP contribution in [0.15, 0.2) is 41.3 Å². The number of anilines is 1. The van der Waals surface area contributed by atoms with E-state index in [4.69, 9.17) is 9.15 Å². The van der Waals surface area contributed by atoms with Crippen LogP contribution in [0.3, 0.4) is 0 Å². The van der Waals surface area contributed by atoms with Gasteiger partial charge in [-0.05, 0) is 31.9 Å². The van der Waals surface area contributed by atoms with Gasteiger partial charge in [-0.25, -0.2) is 18.4 Å². The number of hydrogen-bond acceptors (Lipinski definition) is 9. The van der Waals surface area contributed by atoms with Gasteiger partial charge in [0.25, 0.3) is 5.91 Å². The van der Waals surface area contributed by atoms with E-state index in [1.54, 1.807) is 12.1 Å². The first kappa shape index (κ1) is 20.7. The molecule has 1 fully saturated rings. The number of hydrogen-bond donors (Lipinski definition) is 2. The third-order valence-electron chi connectivity index (χ3n) is 4.32. The van der Waals surface area contributed by atoms with Crippen molar-refractivity contribution in [1.29, 1.82) is 0 Å². The summed E-state index contributed by atoms with van der Waals surface area (Å²) in [4.78, 5) is 28.8. The molecule has 0 unspecified atom stereocenters. The molecule has 3 heterocycles. The van der Waals surface area contributed by atoms with Crippen molar-refractivity contribution in [1.82, 2.24) is 25.3 Å². The standard InChI is InChI=1S/C19H20N6O5S/c1-2-29-17-11-20-9-15(24-17)19-23-10-16(30-19)18(26)22-8-13-7-12(5-6-21-13)25-31(27,28)14-3-4-14/h5-7,9-11,14H,2-4,8H2,1H3,(H,21,25)(H,22,26). The highest BCUT2D eigenvalue weighted by molar-refractivity contribution is 7.93. The highest BCUT2D eigenvalue weighted by Gasteiger charge is 2.35. The Morgan fingerprint density at radius 3 is 2.87 bits per heavy atom. The van der Waals surface area contributed by atoms with Crippen molar-refractivity contribution < 1.29 is 22.4 Å². The van der Waals surface area contributed by atoms with E-state index in [0.717, 1.165) is 0 Å². The number of nitrogens with one attached hydrogen (secondary N) is 2. The second kappa shape index (κ2) is 8.68. The molecule has 3 aromatic rings. The lowest BCUT2D eigenvalue weighted by Crippen LogP contribution is -2.23. The first-order valence-corrected chi connectivity index (χ1v) is 11.1. The summed E-state index contributed by atoms with van der Waals surface area (Å²) < 4.78 is 37.4. The summed E-state index contributed by atoms with van der Waals surface area (Å²) in [6, 6.07) is 3.13. The van der Waals surface area contributed by atoms with Crippen LogP contribution in [0.4, 0.5) is 5.69 Å². The Bertz CT molecular complexity index is 1190. The first-order valence-electron chi connectivity index (χ1n) is 9.60. The number of pyridine rings is 1. The molecule has 3 aromatic heterocycles. The maximum absolute atomic E-state index is 12.4. The fraction of sp³-hybridized carbons (Fsp3) is 0.316. The Morgan fingerprint density at radius 1 is 1.26 bits per heavy atom. The number of nitrogens with zero attached hydrogens (tertiary/aromatic N) is 4. The Kier molecular flexibility index (Phi) is 5.80. The van der Waals surface area contributed by atoms with E-state index >= 15 is 0 Å². The molecular weight excluding hydrogens is 424 g/mol. The van der Waals surface area contributed by atoms with Gasteiger partial charge in [-0.1, -0.05) is 0 Å². The molecule has 0 bridgehead atoms. The Balaban J connectivity index is 1.38. The number of oxazole rings is 1. The van der Waals surface area contributed by atoms with Gasteiger partial charge in [-0.3, -0.25) is 19.5 Å². The van der Waals surface area contributed by atoms with Gasteiger partial charge in [0.15, 0.2) is 0 Å². The number of carbonyl (C=O) groups excluding carboxylic acids is 1. The zero-order valence-corrected chi connectivity index (χ0v) is 17.4. The van der Waals surface area contributed by atoms with Gasteiger partial charge in [0.05, 0.1) is 48.4 Å². The van der Waals surface area contributed by atoms with Crippen molar-refractivity contribution in [3.63, 3.8) is 0 Å². The maximum atomic E-state index is 12.4. The van der Waals surface area contributed by atoms with Gasteiger partial charge in [-0.15, -0.1) is 0 Å². The van der Waals surface area contributed by atoms with Crippen LogP contribution in [0.25, 0.3) is 11.6 Å². The summed E-state index contributed by atoms with van der Waals surface area (Å²) in [5.74, 6) is -0.0519. The van der Waals surface area contributed by atoms with Crippen molar-refractivity contribution in [2.45, 2.75) is 31.6 Å². The third-order valence-corrected chi connectivity index (χ3v) is 6.19. The molecule has 4 rings (SSSR count). The number of amides is 1. The average Bonchev–Trinajstić information content (AvgIpc) is 3.51. The van der Waals surface area contributed by atoms with E-state index in [1.807, 2.05) is 6.92 Å². The Labute approximate surface area is 178 Å². The summed E-state index contributed by atoms with van der Waals surface area (Å²) in [6.07, 6.45) is 7.02. The van der Waals surface area contributed by atoms with Crippen LogP contribution >= 0.6 is 0 Å². The van der Waals surface area contributed by atoms with Crippen LogP contribution in [-0.4, -0.2) is 46.1 Å². The van der Waals surface area contributed by atoms with Crippen LogP contribution in [0.5, 0.6) is 5.88 Å². The fourth-order valence-corrected chi connectivity index (χ4v) is 4.07. The van der Waals surface area contributed by atoms with Gasteiger partial charge < -0.3 is 14.5 Å². The fourth-order valence-electron chi connectivity index (χ4n) is 2.69. The minimum atomic E-state index is -3.37. The van der Waals surface area contributed by atoms with E-state index < -0.39 is 15.9 Å². The molecule has 162 valence electrons. The second-order valence-corrected chi connectivity index (χ2v) is 8.73. The van der Waals surface area contributed by atoms with Crippen LogP contribution in [-0.2, 0) is 16.6 Å². The van der Waals surface area contributed by atoms with Crippen molar-refractivity contribution in [2.75, 3.05) is 11.3 Å². The Hall–Kier alpha value is -3.54. The van der Waals surface area contributed by atoms with E-state index in [-0.39, 0.29) is 23.4 Å². The molecule has 12 heteroatoms. The molecule has 1 aliphatic rings. The van der Waals surface area contributed by atoms with Gasteiger partial charge >= 0.3 is 0 Å². The summed E-state index contributed by atoms with van der Waals surface area (Å²) in [6.45, 7) is 2.34. The van der Waals surface area contributed by atoms with Gasteiger partial charge in [0.1, 0.15) is 5.69 Å². The lowest BCUT2D eigenvalue weighted by Gasteiger charge is -2.08. The van der Waals surface area contributed by atoms with Gasteiger partial charge in [0, 0.05) is 6.20 Å². The number of ether oxygens (including phenoxy) is 1. The smallest absolute Gasteiger partial charge is 0.289 e. The number of carbonyl (C=O) groups is 1. The van der Waals surface area contributed by atoms with Gasteiger partial charge in [0.2, 0.25) is 27.6 Å². The quantitative estimate of drug-likeness (QED) is 0.503. The van der Waals surface area contributed by atoms with E-state index in [2.05, 4.69) is 30.0 Å². The average molecular weight is 444 g/mol.